The van der Waals surface area contributed by atoms with Crippen molar-refractivity contribution in [2.75, 3.05) is 20.1 Å². The van der Waals surface area contributed by atoms with Gasteiger partial charge in [-0.1, -0.05) is 25.7 Å². The highest BCUT2D eigenvalue weighted by Crippen LogP contribution is 2.36. The van der Waals surface area contributed by atoms with Gasteiger partial charge in [0.2, 0.25) is 0 Å². The van der Waals surface area contributed by atoms with Crippen molar-refractivity contribution in [2.24, 2.45) is 11.8 Å². The van der Waals surface area contributed by atoms with Gasteiger partial charge in [0.15, 0.2) is 0 Å². The predicted octanol–water partition coefficient (Wildman–Crippen LogP) is 2.52. The maximum Gasteiger partial charge on any atom is -0.00190 e. The van der Waals surface area contributed by atoms with Crippen molar-refractivity contribution in [1.82, 2.24) is 4.90 Å². The van der Waals surface area contributed by atoms with E-state index in [-0.39, 0.29) is 0 Å². The highest BCUT2D eigenvalue weighted by atomic mass is 15.1. The molecule has 0 aromatic rings. The summed E-state index contributed by atoms with van der Waals surface area (Å²) in [5, 5.41) is 0. The first-order chi connectivity index (χ1) is 5.86. The molecular formula is C11H21N. The van der Waals surface area contributed by atoms with Crippen molar-refractivity contribution < 1.29 is 0 Å². The standard InChI is InChI=1S/C11H21N/c1-12-8-6-10-4-2-3-5-11(10)7-9-12/h10-11H,2-9H2,1H3. The number of likely N-dealkylation sites (tertiary alicyclic amines) is 1. The van der Waals surface area contributed by atoms with E-state index in [1.54, 1.807) is 0 Å². The van der Waals surface area contributed by atoms with Crippen molar-refractivity contribution in [3.05, 3.63) is 0 Å². The van der Waals surface area contributed by atoms with Crippen molar-refractivity contribution in [1.29, 1.82) is 0 Å². The van der Waals surface area contributed by atoms with Gasteiger partial charge < -0.3 is 4.90 Å². The molecule has 70 valence electrons. The topological polar surface area (TPSA) is 3.24 Å². The summed E-state index contributed by atoms with van der Waals surface area (Å²) in [7, 11) is 2.28. The van der Waals surface area contributed by atoms with Crippen LogP contribution in [-0.4, -0.2) is 25.0 Å². The van der Waals surface area contributed by atoms with Gasteiger partial charge in [0.1, 0.15) is 0 Å². The Morgan fingerprint density at radius 3 is 1.83 bits per heavy atom. The minimum atomic E-state index is 1.09. The van der Waals surface area contributed by atoms with Crippen molar-refractivity contribution in [2.45, 2.75) is 38.5 Å². The fourth-order valence-electron chi connectivity index (χ4n) is 2.93. The minimum absolute atomic E-state index is 1.09. The number of rotatable bonds is 0. The molecule has 0 aromatic heterocycles. The molecule has 1 saturated heterocycles. The third-order valence-electron chi connectivity index (χ3n) is 3.83. The van der Waals surface area contributed by atoms with E-state index >= 15 is 0 Å². The fraction of sp³-hybridized carbons (Fsp3) is 1.00. The number of fused-ring (bicyclic) bond motifs is 1. The average Bonchev–Trinajstić information content (AvgIpc) is 2.29. The quantitative estimate of drug-likeness (QED) is 0.536. The van der Waals surface area contributed by atoms with E-state index < -0.39 is 0 Å². The van der Waals surface area contributed by atoms with Gasteiger partial charge in [-0.15, -0.1) is 0 Å². The largest absolute Gasteiger partial charge is 0.306 e. The highest BCUT2D eigenvalue weighted by molar-refractivity contribution is 4.79. The first-order valence-electron chi connectivity index (χ1n) is 5.55. The Morgan fingerprint density at radius 1 is 0.833 bits per heavy atom. The molecule has 2 fully saturated rings. The summed E-state index contributed by atoms with van der Waals surface area (Å²) in [5.74, 6) is 2.17. The molecule has 1 heteroatoms. The van der Waals surface area contributed by atoms with E-state index in [0.29, 0.717) is 0 Å². The molecule has 0 N–H and O–H groups in total. The summed E-state index contributed by atoms with van der Waals surface area (Å²) >= 11 is 0. The second kappa shape index (κ2) is 3.78. The summed E-state index contributed by atoms with van der Waals surface area (Å²) < 4.78 is 0. The fourth-order valence-corrected chi connectivity index (χ4v) is 2.93. The zero-order valence-electron chi connectivity index (χ0n) is 8.26. The minimum Gasteiger partial charge on any atom is -0.306 e. The summed E-state index contributed by atoms with van der Waals surface area (Å²) in [6, 6.07) is 0. The van der Waals surface area contributed by atoms with Gasteiger partial charge in [-0.3, -0.25) is 0 Å². The van der Waals surface area contributed by atoms with E-state index in [4.69, 9.17) is 0 Å². The summed E-state index contributed by atoms with van der Waals surface area (Å²) in [6.07, 6.45) is 9.01. The van der Waals surface area contributed by atoms with Gasteiger partial charge in [0, 0.05) is 0 Å². The number of hydrogen-bond donors (Lipinski definition) is 0. The zero-order valence-corrected chi connectivity index (χ0v) is 8.26. The molecule has 0 radical (unpaired) electrons. The average molecular weight is 167 g/mol. The van der Waals surface area contributed by atoms with Crippen LogP contribution in [0.15, 0.2) is 0 Å². The Balaban J connectivity index is 1.94. The molecule has 0 bridgehead atoms. The van der Waals surface area contributed by atoms with E-state index in [1.807, 2.05) is 0 Å². The van der Waals surface area contributed by atoms with Crippen LogP contribution >= 0.6 is 0 Å². The van der Waals surface area contributed by atoms with Gasteiger partial charge >= 0.3 is 0 Å². The molecule has 12 heavy (non-hydrogen) atoms. The lowest BCUT2D eigenvalue weighted by molar-refractivity contribution is 0.230. The summed E-state index contributed by atoms with van der Waals surface area (Å²) in [6.45, 7) is 2.70. The molecule has 2 aliphatic rings. The van der Waals surface area contributed by atoms with Crippen molar-refractivity contribution in [3.8, 4) is 0 Å². The third kappa shape index (κ3) is 1.82. The van der Waals surface area contributed by atoms with Crippen LogP contribution in [0.25, 0.3) is 0 Å². The molecule has 2 unspecified atom stereocenters. The van der Waals surface area contributed by atoms with Crippen molar-refractivity contribution >= 4 is 0 Å². The molecule has 0 aromatic carbocycles. The van der Waals surface area contributed by atoms with Crippen LogP contribution in [0.1, 0.15) is 38.5 Å². The third-order valence-corrected chi connectivity index (χ3v) is 3.83. The van der Waals surface area contributed by atoms with Crippen LogP contribution in [0.4, 0.5) is 0 Å². The lowest BCUT2D eigenvalue weighted by Gasteiger charge is -2.29. The Hall–Kier alpha value is -0.0400. The number of hydrogen-bond acceptors (Lipinski definition) is 1. The van der Waals surface area contributed by atoms with Crippen LogP contribution in [0, 0.1) is 11.8 Å². The summed E-state index contributed by atoms with van der Waals surface area (Å²) in [4.78, 5) is 2.51. The maximum atomic E-state index is 2.51. The van der Waals surface area contributed by atoms with E-state index in [0.717, 1.165) is 11.8 Å². The molecule has 1 nitrogen and oxygen atoms in total. The lowest BCUT2D eigenvalue weighted by atomic mass is 9.77. The van der Waals surface area contributed by atoms with Crippen LogP contribution in [0.3, 0.4) is 0 Å². The van der Waals surface area contributed by atoms with Crippen LogP contribution < -0.4 is 0 Å². The maximum absolute atomic E-state index is 2.51. The monoisotopic (exact) mass is 167 g/mol. The van der Waals surface area contributed by atoms with Gasteiger partial charge in [-0.05, 0) is 44.8 Å². The Kier molecular flexibility index (Phi) is 2.69. The van der Waals surface area contributed by atoms with Crippen LogP contribution in [0.5, 0.6) is 0 Å². The molecule has 2 rings (SSSR count). The smallest absolute Gasteiger partial charge is 0.00190 e. The van der Waals surface area contributed by atoms with Gasteiger partial charge in [0.25, 0.3) is 0 Å². The normalized spacial score (nSPS) is 38.8. The lowest BCUT2D eigenvalue weighted by Crippen LogP contribution is -2.18. The first kappa shape index (κ1) is 8.55. The molecular weight excluding hydrogens is 146 g/mol. The predicted molar refractivity (Wildman–Crippen MR) is 52.2 cm³/mol. The number of nitrogens with zero attached hydrogens (tertiary/aromatic N) is 1. The first-order valence-corrected chi connectivity index (χ1v) is 5.55. The van der Waals surface area contributed by atoms with Gasteiger partial charge in [-0.2, -0.15) is 0 Å². The van der Waals surface area contributed by atoms with Crippen molar-refractivity contribution in [3.63, 3.8) is 0 Å². The highest BCUT2D eigenvalue weighted by Gasteiger charge is 2.27. The molecule has 0 amide bonds. The Labute approximate surface area is 76.1 Å². The summed E-state index contributed by atoms with van der Waals surface area (Å²) in [5.41, 5.74) is 0. The molecule has 0 spiro atoms. The van der Waals surface area contributed by atoms with E-state index in [2.05, 4.69) is 11.9 Å². The SMILES string of the molecule is CN1CCC2CCCCC2CC1. The second-order valence-electron chi connectivity index (χ2n) is 4.69. The molecule has 1 aliphatic heterocycles. The Bertz CT molecular complexity index is 128. The Morgan fingerprint density at radius 2 is 1.33 bits per heavy atom. The van der Waals surface area contributed by atoms with E-state index in [1.165, 1.54) is 51.6 Å². The van der Waals surface area contributed by atoms with Gasteiger partial charge in [-0.25, -0.2) is 0 Å². The van der Waals surface area contributed by atoms with Crippen LogP contribution in [0.2, 0.25) is 0 Å². The van der Waals surface area contributed by atoms with Crippen LogP contribution in [-0.2, 0) is 0 Å². The molecule has 2 atom stereocenters. The molecule has 1 heterocycles. The van der Waals surface area contributed by atoms with E-state index in [9.17, 15) is 0 Å². The molecule has 1 saturated carbocycles. The van der Waals surface area contributed by atoms with Gasteiger partial charge in [0.05, 0.1) is 0 Å². The second-order valence-corrected chi connectivity index (χ2v) is 4.69. The molecule has 1 aliphatic carbocycles. The zero-order chi connectivity index (χ0) is 8.39.